The molecule has 2 aliphatic rings. The van der Waals surface area contributed by atoms with Gasteiger partial charge >= 0.3 is 0 Å². The Bertz CT molecular complexity index is 364. The average molecular weight is 263 g/mol. The Morgan fingerprint density at radius 1 is 1.33 bits per heavy atom. The van der Waals surface area contributed by atoms with Crippen LogP contribution >= 0.6 is 11.3 Å². The molecule has 2 heteroatoms. The van der Waals surface area contributed by atoms with Crippen LogP contribution in [0.2, 0.25) is 0 Å². The van der Waals surface area contributed by atoms with Crippen molar-refractivity contribution >= 4 is 11.3 Å². The van der Waals surface area contributed by atoms with Crippen LogP contribution in [0.1, 0.15) is 56.7 Å². The molecule has 2 fully saturated rings. The van der Waals surface area contributed by atoms with E-state index >= 15 is 0 Å². The van der Waals surface area contributed by atoms with Gasteiger partial charge in [0.15, 0.2) is 0 Å². The molecule has 1 spiro atoms. The summed E-state index contributed by atoms with van der Waals surface area (Å²) in [6.07, 6.45) is 11.5. The summed E-state index contributed by atoms with van der Waals surface area (Å²) in [7, 11) is 0. The minimum Gasteiger partial charge on any atom is -0.311 e. The second-order valence-corrected chi connectivity index (χ2v) is 7.40. The van der Waals surface area contributed by atoms with Gasteiger partial charge in [0.2, 0.25) is 0 Å². The second kappa shape index (κ2) is 5.34. The number of hydrogen-bond acceptors (Lipinski definition) is 2. The zero-order chi connectivity index (χ0) is 12.4. The van der Waals surface area contributed by atoms with Crippen molar-refractivity contribution in [3.63, 3.8) is 0 Å². The van der Waals surface area contributed by atoms with E-state index in [0.29, 0.717) is 11.5 Å². The summed E-state index contributed by atoms with van der Waals surface area (Å²) in [5, 5.41) is 6.11. The summed E-state index contributed by atoms with van der Waals surface area (Å²) in [4.78, 5) is 1.52. The molecule has 0 bridgehead atoms. The maximum absolute atomic E-state index is 3.92. The first-order valence-electron chi connectivity index (χ1n) is 7.57. The molecule has 1 aromatic heterocycles. The van der Waals surface area contributed by atoms with Gasteiger partial charge in [0.05, 0.1) is 0 Å². The minimum absolute atomic E-state index is 0.632. The predicted octanol–water partition coefficient (Wildman–Crippen LogP) is 4.38. The van der Waals surface area contributed by atoms with Crippen LogP contribution in [0.25, 0.3) is 0 Å². The fourth-order valence-electron chi connectivity index (χ4n) is 3.94. The smallest absolute Gasteiger partial charge is 0.0126 e. The monoisotopic (exact) mass is 263 g/mol. The van der Waals surface area contributed by atoms with Crippen LogP contribution in [0, 0.1) is 5.41 Å². The SMILES string of the molecule is CC(Cc1cccs1)NC1CCC12CCCCC2. The molecule has 2 saturated carbocycles. The molecular weight excluding hydrogens is 238 g/mol. The Morgan fingerprint density at radius 2 is 2.17 bits per heavy atom. The lowest BCUT2D eigenvalue weighted by atomic mass is 9.57. The van der Waals surface area contributed by atoms with Gasteiger partial charge in [0.1, 0.15) is 0 Å². The van der Waals surface area contributed by atoms with Gasteiger partial charge in [-0.15, -0.1) is 11.3 Å². The molecule has 100 valence electrons. The number of rotatable bonds is 4. The summed E-state index contributed by atoms with van der Waals surface area (Å²) in [6.45, 7) is 2.36. The zero-order valence-electron chi connectivity index (χ0n) is 11.5. The van der Waals surface area contributed by atoms with E-state index in [-0.39, 0.29) is 0 Å². The van der Waals surface area contributed by atoms with Gasteiger partial charge in [0.25, 0.3) is 0 Å². The highest BCUT2D eigenvalue weighted by atomic mass is 32.1. The van der Waals surface area contributed by atoms with Crippen molar-refractivity contribution in [2.45, 2.75) is 70.4 Å². The summed E-state index contributed by atoms with van der Waals surface area (Å²) < 4.78 is 0. The van der Waals surface area contributed by atoms with Crippen LogP contribution < -0.4 is 5.32 Å². The average Bonchev–Trinajstić information content (AvgIpc) is 2.88. The Kier molecular flexibility index (Phi) is 3.76. The molecule has 2 aliphatic carbocycles. The van der Waals surface area contributed by atoms with Crippen molar-refractivity contribution < 1.29 is 0 Å². The third-order valence-electron chi connectivity index (χ3n) is 5.09. The molecule has 2 atom stereocenters. The lowest BCUT2D eigenvalue weighted by molar-refractivity contribution is 0.0177. The van der Waals surface area contributed by atoms with Crippen LogP contribution in [0.3, 0.4) is 0 Å². The summed E-state index contributed by atoms with van der Waals surface area (Å²) >= 11 is 1.89. The van der Waals surface area contributed by atoms with E-state index in [9.17, 15) is 0 Å². The highest BCUT2D eigenvalue weighted by Gasteiger charge is 2.46. The molecule has 2 unspecified atom stereocenters. The Labute approximate surface area is 115 Å². The Morgan fingerprint density at radius 3 is 2.78 bits per heavy atom. The third kappa shape index (κ3) is 2.50. The van der Waals surface area contributed by atoms with Gasteiger partial charge in [-0.3, -0.25) is 0 Å². The molecule has 0 saturated heterocycles. The quantitative estimate of drug-likeness (QED) is 0.850. The largest absolute Gasteiger partial charge is 0.311 e. The van der Waals surface area contributed by atoms with E-state index in [1.165, 1.54) is 56.2 Å². The molecule has 1 heterocycles. The first-order chi connectivity index (χ1) is 8.78. The maximum Gasteiger partial charge on any atom is 0.0126 e. The van der Waals surface area contributed by atoms with Gasteiger partial charge in [-0.05, 0) is 55.9 Å². The van der Waals surface area contributed by atoms with Gasteiger partial charge in [-0.25, -0.2) is 0 Å². The number of hydrogen-bond donors (Lipinski definition) is 1. The summed E-state index contributed by atoms with van der Waals surface area (Å²) in [5.74, 6) is 0. The van der Waals surface area contributed by atoms with Crippen molar-refractivity contribution in [1.29, 1.82) is 0 Å². The molecule has 1 N–H and O–H groups in total. The van der Waals surface area contributed by atoms with Gasteiger partial charge in [0, 0.05) is 17.0 Å². The van der Waals surface area contributed by atoms with Crippen molar-refractivity contribution in [1.82, 2.24) is 5.32 Å². The number of thiophene rings is 1. The summed E-state index contributed by atoms with van der Waals surface area (Å²) in [6, 6.07) is 5.87. The fraction of sp³-hybridized carbons (Fsp3) is 0.750. The normalized spacial score (nSPS) is 27.9. The van der Waals surface area contributed by atoms with E-state index < -0.39 is 0 Å². The zero-order valence-corrected chi connectivity index (χ0v) is 12.3. The highest BCUT2D eigenvalue weighted by Crippen LogP contribution is 2.51. The van der Waals surface area contributed by atoms with Crippen LogP contribution in [-0.4, -0.2) is 12.1 Å². The maximum atomic E-state index is 3.92. The minimum atomic E-state index is 0.632. The third-order valence-corrected chi connectivity index (χ3v) is 5.99. The van der Waals surface area contributed by atoms with Crippen molar-refractivity contribution in [3.8, 4) is 0 Å². The van der Waals surface area contributed by atoms with Crippen molar-refractivity contribution in [2.75, 3.05) is 0 Å². The van der Waals surface area contributed by atoms with E-state index in [0.717, 1.165) is 6.04 Å². The lowest BCUT2D eigenvalue weighted by Gasteiger charge is -2.53. The molecule has 0 radical (unpaired) electrons. The highest BCUT2D eigenvalue weighted by molar-refractivity contribution is 7.09. The van der Waals surface area contributed by atoms with Crippen molar-refractivity contribution in [2.24, 2.45) is 5.41 Å². The standard InChI is InChI=1S/C16H25NS/c1-13(12-14-6-5-11-18-14)17-15-7-10-16(15)8-3-2-4-9-16/h5-6,11,13,15,17H,2-4,7-10,12H2,1H3. The topological polar surface area (TPSA) is 12.0 Å². The molecule has 18 heavy (non-hydrogen) atoms. The van der Waals surface area contributed by atoms with E-state index in [1.54, 1.807) is 0 Å². The van der Waals surface area contributed by atoms with E-state index in [4.69, 9.17) is 0 Å². The van der Waals surface area contributed by atoms with Gasteiger partial charge in [-0.2, -0.15) is 0 Å². The molecule has 0 aromatic carbocycles. The van der Waals surface area contributed by atoms with Gasteiger partial charge in [-0.1, -0.05) is 25.3 Å². The Balaban J connectivity index is 1.53. The molecule has 3 rings (SSSR count). The summed E-state index contributed by atoms with van der Waals surface area (Å²) in [5.41, 5.74) is 0.696. The van der Waals surface area contributed by atoms with Gasteiger partial charge < -0.3 is 5.32 Å². The molecule has 0 amide bonds. The van der Waals surface area contributed by atoms with E-state index in [1.807, 2.05) is 11.3 Å². The van der Waals surface area contributed by atoms with Crippen LogP contribution in [-0.2, 0) is 6.42 Å². The molecule has 1 nitrogen and oxygen atoms in total. The van der Waals surface area contributed by atoms with Crippen LogP contribution in [0.5, 0.6) is 0 Å². The predicted molar refractivity (Wildman–Crippen MR) is 79.2 cm³/mol. The van der Waals surface area contributed by atoms with Crippen LogP contribution in [0.4, 0.5) is 0 Å². The van der Waals surface area contributed by atoms with E-state index in [2.05, 4.69) is 29.8 Å². The first kappa shape index (κ1) is 12.7. The molecule has 1 aromatic rings. The molecular formula is C16H25NS. The number of nitrogens with one attached hydrogen (secondary N) is 1. The lowest BCUT2D eigenvalue weighted by Crippen LogP contribution is -2.56. The fourth-order valence-corrected chi connectivity index (χ4v) is 4.78. The second-order valence-electron chi connectivity index (χ2n) is 6.37. The van der Waals surface area contributed by atoms with Crippen molar-refractivity contribution in [3.05, 3.63) is 22.4 Å². The Hall–Kier alpha value is -0.340. The first-order valence-corrected chi connectivity index (χ1v) is 8.45. The van der Waals surface area contributed by atoms with Crippen LogP contribution in [0.15, 0.2) is 17.5 Å². The molecule has 0 aliphatic heterocycles.